The van der Waals surface area contributed by atoms with Gasteiger partial charge in [-0.15, -0.1) is 0 Å². The summed E-state index contributed by atoms with van der Waals surface area (Å²) >= 11 is 0. The molecule has 18 heteroatoms. The zero-order valence-corrected chi connectivity index (χ0v) is 12.2. The van der Waals surface area contributed by atoms with Crippen molar-refractivity contribution in [2.24, 2.45) is 0 Å². The zero-order valence-electron chi connectivity index (χ0n) is 11.4. The van der Waals surface area contributed by atoms with E-state index in [-0.39, 0.29) is 0 Å². The van der Waals surface area contributed by atoms with Crippen LogP contribution < -0.4 is 0 Å². The van der Waals surface area contributed by atoms with Gasteiger partial charge in [0.1, 0.15) is 0 Å². The molecule has 0 aromatic carbocycles. The Morgan fingerprint density at radius 2 is 1.00 bits per heavy atom. The van der Waals surface area contributed by atoms with Crippen LogP contribution in [0.1, 0.15) is 6.42 Å². The summed E-state index contributed by atoms with van der Waals surface area (Å²) in [6.45, 7) is -2.30. The zero-order chi connectivity index (χ0) is 21.6. The van der Waals surface area contributed by atoms with E-state index in [2.05, 4.69) is 4.18 Å². The van der Waals surface area contributed by atoms with Gasteiger partial charge in [0.25, 0.3) is 0 Å². The molecule has 0 saturated carbocycles. The molecule has 0 saturated heterocycles. The first-order valence-corrected chi connectivity index (χ1v) is 6.85. The lowest BCUT2D eigenvalue weighted by Gasteiger charge is -2.39. The lowest BCUT2D eigenvalue weighted by Crippen LogP contribution is -2.70. The highest BCUT2D eigenvalue weighted by molar-refractivity contribution is 7.80. The van der Waals surface area contributed by atoms with E-state index in [4.69, 9.17) is 0 Å². The fourth-order valence-electron chi connectivity index (χ4n) is 1.23. The van der Waals surface area contributed by atoms with Crippen molar-refractivity contribution in [3.63, 3.8) is 0 Å². The van der Waals surface area contributed by atoms with Crippen molar-refractivity contribution in [2.45, 2.75) is 42.2 Å². The lowest BCUT2D eigenvalue weighted by atomic mass is 9.93. The van der Waals surface area contributed by atoms with E-state index in [0.717, 1.165) is 0 Å². The van der Waals surface area contributed by atoms with Gasteiger partial charge in [-0.05, 0) is 0 Å². The summed E-state index contributed by atoms with van der Waals surface area (Å²) in [5, 5.41) is 0. The smallest absolute Gasteiger partial charge is 0.460 e. The molecule has 0 radical (unpaired) electrons. The van der Waals surface area contributed by atoms with Crippen LogP contribution in [0.4, 0.5) is 57.1 Å². The first-order chi connectivity index (χ1) is 11.0. The van der Waals surface area contributed by atoms with E-state index in [1.54, 1.807) is 0 Å². The van der Waals surface area contributed by atoms with Crippen LogP contribution >= 0.6 is 0 Å². The van der Waals surface area contributed by atoms with Crippen molar-refractivity contribution in [1.82, 2.24) is 0 Å². The summed E-state index contributed by atoms with van der Waals surface area (Å²) in [5.41, 5.74) is 0. The molecule has 0 amide bonds. The van der Waals surface area contributed by atoms with E-state index >= 15 is 0 Å². The van der Waals surface area contributed by atoms with Crippen molar-refractivity contribution in [3.05, 3.63) is 0 Å². The molecule has 4 nitrogen and oxygen atoms in total. The van der Waals surface area contributed by atoms with Gasteiger partial charge in [0, 0.05) is 6.42 Å². The van der Waals surface area contributed by atoms with Gasteiger partial charge < -0.3 is 4.55 Å². The molecule has 0 fully saturated rings. The minimum Gasteiger partial charge on any atom is -0.726 e. The Morgan fingerprint density at radius 3 is 1.31 bits per heavy atom. The Morgan fingerprint density at radius 1 is 0.654 bits per heavy atom. The second-order valence-electron chi connectivity index (χ2n) is 4.48. The maximum absolute atomic E-state index is 13.0. The second-order valence-corrected chi connectivity index (χ2v) is 5.53. The van der Waals surface area contributed by atoms with E-state index in [1.165, 1.54) is 0 Å². The standard InChI is InChI=1S/C8H5F13O4S/c9-3(10,1-2-25-26(22,23)24)4(11,12)5(13,14)6(15,16)7(17,18)8(19,20)21/h1-2H2,(H,22,23,24)/p-1. The molecular formula is C8H4F13O4S-. The second kappa shape index (κ2) is 6.54. The van der Waals surface area contributed by atoms with Crippen molar-refractivity contribution >= 4 is 10.4 Å². The van der Waals surface area contributed by atoms with Crippen LogP contribution in [0.5, 0.6) is 0 Å². The summed E-state index contributed by atoms with van der Waals surface area (Å²) in [4.78, 5) is 0. The maximum Gasteiger partial charge on any atom is 0.460 e. The Hall–Kier alpha value is -1.04. The van der Waals surface area contributed by atoms with Crippen LogP contribution in [0.3, 0.4) is 0 Å². The van der Waals surface area contributed by atoms with Crippen molar-refractivity contribution < 1.29 is 74.2 Å². The predicted molar refractivity (Wildman–Crippen MR) is 51.1 cm³/mol. The molecule has 0 rings (SSSR count). The first kappa shape index (κ1) is 25.0. The van der Waals surface area contributed by atoms with E-state index < -0.39 is 59.2 Å². The molecule has 158 valence electrons. The number of alkyl halides is 13. The fraction of sp³-hybridized carbons (Fsp3) is 1.00. The fourth-order valence-corrected chi connectivity index (χ4v) is 1.52. The average Bonchev–Trinajstić information content (AvgIpc) is 2.34. The molecule has 0 unspecified atom stereocenters. The first-order valence-electron chi connectivity index (χ1n) is 5.52. The number of hydrogen-bond acceptors (Lipinski definition) is 4. The largest absolute Gasteiger partial charge is 0.726 e. The minimum atomic E-state index is -8.04. The summed E-state index contributed by atoms with van der Waals surface area (Å²) in [7, 11) is -5.83. The highest BCUT2D eigenvalue weighted by Gasteiger charge is 2.90. The van der Waals surface area contributed by atoms with E-state index in [1.807, 2.05) is 0 Å². The monoisotopic (exact) mass is 443 g/mol. The topological polar surface area (TPSA) is 66.4 Å². The average molecular weight is 443 g/mol. The molecule has 26 heavy (non-hydrogen) atoms. The summed E-state index contributed by atoms with van der Waals surface area (Å²) in [6.07, 6.45) is -10.4. The van der Waals surface area contributed by atoms with Crippen LogP contribution in [0.25, 0.3) is 0 Å². The Kier molecular flexibility index (Phi) is 6.27. The summed E-state index contributed by atoms with van der Waals surface area (Å²) < 4.78 is 196. The summed E-state index contributed by atoms with van der Waals surface area (Å²) in [5.74, 6) is -37.9. The van der Waals surface area contributed by atoms with Gasteiger partial charge in [0.15, 0.2) is 0 Å². The molecule has 0 bridgehead atoms. The quantitative estimate of drug-likeness (QED) is 0.327. The molecule has 0 N–H and O–H groups in total. The highest BCUT2D eigenvalue weighted by Crippen LogP contribution is 2.60. The van der Waals surface area contributed by atoms with Gasteiger partial charge in [-0.2, -0.15) is 57.1 Å². The maximum atomic E-state index is 13.0. The van der Waals surface area contributed by atoms with Crippen LogP contribution in [0.15, 0.2) is 0 Å². The SMILES string of the molecule is O=S(=O)([O-])OCCC(F)(F)C(F)(F)C(F)(F)C(F)(F)C(F)(F)C(F)(F)F. The van der Waals surface area contributed by atoms with Gasteiger partial charge in [0.05, 0.1) is 6.61 Å². The van der Waals surface area contributed by atoms with Crippen molar-refractivity contribution in [1.29, 1.82) is 0 Å². The molecule has 0 aliphatic heterocycles. The molecule has 0 aliphatic carbocycles. The third-order valence-electron chi connectivity index (χ3n) is 2.64. The molecule has 0 aromatic heterocycles. The normalized spacial score (nSPS) is 16.1. The van der Waals surface area contributed by atoms with Gasteiger partial charge in [-0.3, -0.25) is 4.18 Å². The number of hydrogen-bond donors (Lipinski definition) is 0. The minimum absolute atomic E-state index is 2.30. The molecule has 0 aliphatic rings. The third kappa shape index (κ3) is 4.10. The molecule has 0 spiro atoms. The van der Waals surface area contributed by atoms with Crippen LogP contribution in [0.2, 0.25) is 0 Å². The van der Waals surface area contributed by atoms with Gasteiger partial charge in [0.2, 0.25) is 10.4 Å². The number of rotatable bonds is 8. The van der Waals surface area contributed by atoms with E-state index in [9.17, 15) is 70.0 Å². The highest BCUT2D eigenvalue weighted by atomic mass is 32.3. The van der Waals surface area contributed by atoms with Gasteiger partial charge in [-0.1, -0.05) is 0 Å². The molecular weight excluding hydrogens is 439 g/mol. The van der Waals surface area contributed by atoms with Gasteiger partial charge in [-0.25, -0.2) is 8.42 Å². The van der Waals surface area contributed by atoms with Crippen LogP contribution in [-0.4, -0.2) is 55.4 Å². The lowest BCUT2D eigenvalue weighted by molar-refractivity contribution is -0.440. The molecule has 0 aromatic rings. The Balaban J connectivity index is 5.92. The summed E-state index contributed by atoms with van der Waals surface area (Å²) in [6, 6.07) is 0. The van der Waals surface area contributed by atoms with E-state index in [0.29, 0.717) is 0 Å². The number of halogens is 13. The van der Waals surface area contributed by atoms with Gasteiger partial charge >= 0.3 is 35.8 Å². The van der Waals surface area contributed by atoms with Crippen LogP contribution in [0, 0.1) is 0 Å². The molecule has 0 heterocycles. The van der Waals surface area contributed by atoms with Crippen LogP contribution in [-0.2, 0) is 14.6 Å². The van der Waals surface area contributed by atoms with Crippen molar-refractivity contribution in [3.8, 4) is 0 Å². The van der Waals surface area contributed by atoms with Crippen molar-refractivity contribution in [2.75, 3.05) is 6.61 Å². The molecule has 0 atom stereocenters. The Labute approximate surface area is 134 Å². The Bertz CT molecular complexity index is 608. The predicted octanol–water partition coefficient (Wildman–Crippen LogP) is 3.59. The third-order valence-corrected chi connectivity index (χ3v) is 3.10.